The zero-order chi connectivity index (χ0) is 16.2. The first-order valence-corrected chi connectivity index (χ1v) is 7.96. The van der Waals surface area contributed by atoms with Crippen LogP contribution in [0.4, 0.5) is 0 Å². The number of carbonyl (C=O) groups excluding carboxylic acids is 1. The second kappa shape index (κ2) is 7.02. The van der Waals surface area contributed by atoms with Crippen molar-refractivity contribution in [3.63, 3.8) is 0 Å². The topological polar surface area (TPSA) is 47.6 Å². The lowest BCUT2D eigenvalue weighted by atomic mass is 9.98. The predicted octanol–water partition coefficient (Wildman–Crippen LogP) is 3.47. The minimum Gasteiger partial charge on any atom is -0.482 e. The third-order valence-electron chi connectivity index (χ3n) is 3.80. The van der Waals surface area contributed by atoms with Gasteiger partial charge in [-0.15, -0.1) is 0 Å². The Kier molecular flexibility index (Phi) is 4.84. The maximum absolute atomic E-state index is 11.5. The van der Waals surface area contributed by atoms with Gasteiger partial charge in [-0.2, -0.15) is 0 Å². The van der Waals surface area contributed by atoms with Crippen molar-refractivity contribution in [3.05, 3.63) is 64.2 Å². The lowest BCUT2D eigenvalue weighted by Gasteiger charge is -2.18. The molecule has 1 aliphatic rings. The molecule has 0 radical (unpaired) electrons. The Morgan fingerprint density at radius 2 is 2.09 bits per heavy atom. The number of fused-ring (bicyclic) bond motifs is 1. The number of hydrogen-bond donors (Lipinski definition) is 1. The Bertz CT molecular complexity index is 717. The first kappa shape index (κ1) is 15.8. The highest BCUT2D eigenvalue weighted by molar-refractivity contribution is 6.30. The van der Waals surface area contributed by atoms with E-state index in [4.69, 9.17) is 21.1 Å². The van der Waals surface area contributed by atoms with Crippen molar-refractivity contribution in [2.45, 2.75) is 19.5 Å². The molecule has 1 atom stereocenters. The van der Waals surface area contributed by atoms with E-state index in [2.05, 4.69) is 17.4 Å². The van der Waals surface area contributed by atoms with E-state index in [0.717, 1.165) is 12.1 Å². The molecule has 0 fully saturated rings. The Morgan fingerprint density at radius 1 is 1.26 bits per heavy atom. The molecule has 2 aromatic carbocycles. The average Bonchev–Trinajstić information content (AvgIpc) is 2.98. The Morgan fingerprint density at radius 3 is 2.91 bits per heavy atom. The summed E-state index contributed by atoms with van der Waals surface area (Å²) in [5.74, 6) is 0.254. The lowest BCUT2D eigenvalue weighted by molar-refractivity contribution is -0.145. The number of benzene rings is 2. The van der Waals surface area contributed by atoms with Gasteiger partial charge in [0.1, 0.15) is 5.75 Å². The molecule has 5 heteroatoms. The van der Waals surface area contributed by atoms with Crippen LogP contribution in [0.2, 0.25) is 5.02 Å². The molecule has 0 saturated heterocycles. The van der Waals surface area contributed by atoms with Crippen LogP contribution < -0.4 is 10.1 Å². The minimum absolute atomic E-state index is 0.00194. The zero-order valence-corrected chi connectivity index (χ0v) is 13.6. The van der Waals surface area contributed by atoms with Crippen LogP contribution in [0.15, 0.2) is 42.5 Å². The molecule has 0 spiro atoms. The van der Waals surface area contributed by atoms with Gasteiger partial charge in [0.2, 0.25) is 0 Å². The maximum Gasteiger partial charge on any atom is 0.344 e. The molecule has 2 aromatic rings. The summed E-state index contributed by atoms with van der Waals surface area (Å²) in [5.41, 5.74) is 3.39. The van der Waals surface area contributed by atoms with Crippen LogP contribution >= 0.6 is 11.6 Å². The quantitative estimate of drug-likeness (QED) is 0.852. The van der Waals surface area contributed by atoms with Crippen LogP contribution in [-0.4, -0.2) is 19.2 Å². The van der Waals surface area contributed by atoms with Gasteiger partial charge in [0.05, 0.1) is 12.6 Å². The molecule has 120 valence electrons. The second-order valence-electron chi connectivity index (χ2n) is 5.29. The van der Waals surface area contributed by atoms with Gasteiger partial charge in [-0.3, -0.25) is 0 Å². The monoisotopic (exact) mass is 331 g/mol. The number of hydrogen-bond acceptors (Lipinski definition) is 4. The van der Waals surface area contributed by atoms with Gasteiger partial charge in [0.25, 0.3) is 0 Å². The molecular weight excluding hydrogens is 314 g/mol. The Hall–Kier alpha value is -2.04. The summed E-state index contributed by atoms with van der Waals surface area (Å²) in [5, 5.41) is 4.10. The van der Waals surface area contributed by atoms with Crippen LogP contribution in [0.25, 0.3) is 0 Å². The number of carbonyl (C=O) groups is 1. The van der Waals surface area contributed by atoms with Gasteiger partial charge < -0.3 is 14.8 Å². The average molecular weight is 332 g/mol. The van der Waals surface area contributed by atoms with Crippen molar-refractivity contribution >= 4 is 17.6 Å². The second-order valence-corrected chi connectivity index (χ2v) is 5.73. The molecule has 0 bridgehead atoms. The van der Waals surface area contributed by atoms with Gasteiger partial charge in [-0.25, -0.2) is 4.79 Å². The maximum atomic E-state index is 11.5. The predicted molar refractivity (Wildman–Crippen MR) is 88.7 cm³/mol. The first-order valence-electron chi connectivity index (χ1n) is 7.58. The van der Waals surface area contributed by atoms with Crippen LogP contribution in [-0.2, 0) is 16.1 Å². The van der Waals surface area contributed by atoms with Crippen LogP contribution in [0.3, 0.4) is 0 Å². The summed E-state index contributed by atoms with van der Waals surface area (Å²) in [6, 6.07) is 13.7. The molecule has 0 aromatic heterocycles. The third-order valence-corrected chi connectivity index (χ3v) is 4.03. The van der Waals surface area contributed by atoms with Gasteiger partial charge in [0, 0.05) is 17.1 Å². The van der Waals surface area contributed by atoms with E-state index in [9.17, 15) is 4.79 Å². The van der Waals surface area contributed by atoms with Crippen LogP contribution in [0.1, 0.15) is 29.7 Å². The highest BCUT2D eigenvalue weighted by Gasteiger charge is 2.26. The molecule has 1 aliphatic heterocycles. The largest absolute Gasteiger partial charge is 0.482 e. The fraction of sp³-hybridized carbons (Fsp3) is 0.278. The van der Waals surface area contributed by atoms with Gasteiger partial charge in [0.15, 0.2) is 6.61 Å². The van der Waals surface area contributed by atoms with Crippen molar-refractivity contribution in [3.8, 4) is 5.75 Å². The number of nitrogens with one attached hydrogen (secondary N) is 1. The van der Waals surface area contributed by atoms with Gasteiger partial charge in [-0.1, -0.05) is 35.9 Å². The summed E-state index contributed by atoms with van der Waals surface area (Å²) in [7, 11) is 0. The summed E-state index contributed by atoms with van der Waals surface area (Å²) < 4.78 is 10.6. The Labute approximate surface area is 140 Å². The molecule has 0 amide bonds. The minimum atomic E-state index is -0.381. The standard InChI is InChI=1S/C18H18ClNO3/c1-2-22-17(21)11-23-16-8-7-13(19)9-15(16)18-14-6-4-3-5-12(14)10-20-18/h3-9,18,20H,2,10-11H2,1H3. The number of rotatable bonds is 5. The van der Waals surface area contributed by atoms with E-state index in [1.165, 1.54) is 11.1 Å². The SMILES string of the molecule is CCOC(=O)COc1ccc(Cl)cc1C1NCc2ccccc21. The fourth-order valence-corrected chi connectivity index (χ4v) is 2.97. The molecule has 1 unspecified atom stereocenters. The molecule has 3 rings (SSSR count). The van der Waals surface area contributed by atoms with E-state index >= 15 is 0 Å². The van der Waals surface area contributed by atoms with Gasteiger partial charge in [-0.05, 0) is 36.2 Å². The van der Waals surface area contributed by atoms with Crippen LogP contribution in [0, 0.1) is 0 Å². The molecule has 4 nitrogen and oxygen atoms in total. The molecule has 1 N–H and O–H groups in total. The fourth-order valence-electron chi connectivity index (χ4n) is 2.79. The number of ether oxygens (including phenoxy) is 2. The lowest BCUT2D eigenvalue weighted by Crippen LogP contribution is -2.18. The smallest absolute Gasteiger partial charge is 0.344 e. The van der Waals surface area contributed by atoms with Crippen LogP contribution in [0.5, 0.6) is 5.75 Å². The first-order chi connectivity index (χ1) is 11.2. The van der Waals surface area contributed by atoms with Gasteiger partial charge >= 0.3 is 5.97 Å². The summed E-state index contributed by atoms with van der Waals surface area (Å²) in [6.45, 7) is 2.79. The van der Waals surface area contributed by atoms with Crippen molar-refractivity contribution in [1.82, 2.24) is 5.32 Å². The molecule has 23 heavy (non-hydrogen) atoms. The number of halogens is 1. The summed E-state index contributed by atoms with van der Waals surface area (Å²) in [4.78, 5) is 11.5. The highest BCUT2D eigenvalue weighted by Crippen LogP contribution is 2.37. The van der Waals surface area contributed by atoms with E-state index in [-0.39, 0.29) is 18.6 Å². The molecular formula is C18H18ClNO3. The van der Waals surface area contributed by atoms with Crippen molar-refractivity contribution in [2.75, 3.05) is 13.2 Å². The third kappa shape index (κ3) is 3.49. The Balaban J connectivity index is 1.87. The molecule has 1 heterocycles. The molecule has 0 saturated carbocycles. The summed E-state index contributed by atoms with van der Waals surface area (Å²) >= 11 is 6.16. The van der Waals surface area contributed by atoms with E-state index in [0.29, 0.717) is 17.4 Å². The summed E-state index contributed by atoms with van der Waals surface area (Å²) in [6.07, 6.45) is 0. The normalized spacial score (nSPS) is 16.0. The highest BCUT2D eigenvalue weighted by atomic mass is 35.5. The zero-order valence-electron chi connectivity index (χ0n) is 12.8. The van der Waals surface area contributed by atoms with E-state index < -0.39 is 0 Å². The van der Waals surface area contributed by atoms with E-state index in [1.807, 2.05) is 18.2 Å². The van der Waals surface area contributed by atoms with Crippen molar-refractivity contribution in [1.29, 1.82) is 0 Å². The van der Waals surface area contributed by atoms with Crippen molar-refractivity contribution in [2.24, 2.45) is 0 Å². The van der Waals surface area contributed by atoms with Crippen molar-refractivity contribution < 1.29 is 14.3 Å². The number of esters is 1. The van der Waals surface area contributed by atoms with E-state index in [1.54, 1.807) is 19.1 Å². The molecule has 0 aliphatic carbocycles.